The molecule has 0 saturated heterocycles. The zero-order valence-electron chi connectivity index (χ0n) is 29.1. The molecule has 0 fully saturated rings. The van der Waals surface area contributed by atoms with Gasteiger partial charge in [-0.3, -0.25) is 14.3 Å². The van der Waals surface area contributed by atoms with Crippen LogP contribution in [0.4, 0.5) is 11.4 Å². The SMILES string of the molecule is CCCCC1(CCCC)CN(c2ccccc2)c2cc(SC)c(OCC(=O)NC(C(=O)NC(CSC)C(=O)O)c3ccc(O)cc3)cc2SN1. The third kappa shape index (κ3) is 10.5. The van der Waals surface area contributed by atoms with Crippen LogP contribution < -0.4 is 25.0 Å². The molecule has 4 rings (SSSR count). The summed E-state index contributed by atoms with van der Waals surface area (Å²) in [6.45, 7) is 4.89. The van der Waals surface area contributed by atoms with Crippen LogP contribution in [0.3, 0.4) is 0 Å². The van der Waals surface area contributed by atoms with Crippen LogP contribution in [0, 0.1) is 0 Å². The number of thioether (sulfide) groups is 2. The lowest BCUT2D eigenvalue weighted by atomic mass is 9.87. The van der Waals surface area contributed by atoms with Gasteiger partial charge in [0.2, 0.25) is 5.91 Å². The van der Waals surface area contributed by atoms with Crippen molar-refractivity contribution < 1.29 is 29.3 Å². The number of fused-ring (bicyclic) bond motifs is 1. The summed E-state index contributed by atoms with van der Waals surface area (Å²) in [7, 11) is 0. The molecule has 10 nitrogen and oxygen atoms in total. The predicted octanol–water partition coefficient (Wildman–Crippen LogP) is 7.15. The number of nitrogens with one attached hydrogen (secondary N) is 3. The first-order valence-corrected chi connectivity index (χ1v) is 20.3. The number of carboxylic acids is 1. The fourth-order valence-electron chi connectivity index (χ4n) is 5.84. The van der Waals surface area contributed by atoms with Crippen LogP contribution in [0.25, 0.3) is 0 Å². The van der Waals surface area contributed by atoms with Gasteiger partial charge < -0.3 is 30.5 Å². The summed E-state index contributed by atoms with van der Waals surface area (Å²) < 4.78 is 10.0. The number of ether oxygens (including phenoxy) is 1. The molecule has 5 N–H and O–H groups in total. The van der Waals surface area contributed by atoms with Crippen molar-refractivity contribution in [1.82, 2.24) is 15.4 Å². The van der Waals surface area contributed by atoms with Crippen LogP contribution in [-0.4, -0.2) is 71.0 Å². The van der Waals surface area contributed by atoms with E-state index in [2.05, 4.69) is 64.4 Å². The lowest BCUT2D eigenvalue weighted by Gasteiger charge is -2.38. The monoisotopic (exact) mass is 740 g/mol. The van der Waals surface area contributed by atoms with Crippen molar-refractivity contribution in [3.63, 3.8) is 0 Å². The summed E-state index contributed by atoms with van der Waals surface area (Å²) in [6, 6.07) is 18.0. The number of anilines is 2. The number of phenols is 1. The van der Waals surface area contributed by atoms with Gasteiger partial charge in [0, 0.05) is 23.5 Å². The standard InChI is InChI=1S/C37H48N4O6S3/c1-5-7-18-37(19-8-6-2)24-41(26-12-10-9-11-13-26)29-20-32(49-4)30(21-31(29)50-40-37)47-22-33(43)39-34(25-14-16-27(42)17-15-25)35(44)38-28(23-48-3)36(45)46/h9-17,20-21,28,34,40,42H,5-8,18-19,22-24H2,1-4H3,(H,38,44)(H,39,43)(H,45,46). The number of carbonyl (C=O) groups excluding carboxylic acids is 2. The molecule has 0 aromatic heterocycles. The largest absolute Gasteiger partial charge is 0.508 e. The Morgan fingerprint density at radius 3 is 2.28 bits per heavy atom. The number of benzene rings is 3. The van der Waals surface area contributed by atoms with E-state index in [0.29, 0.717) is 11.3 Å². The Morgan fingerprint density at radius 2 is 1.68 bits per heavy atom. The van der Waals surface area contributed by atoms with Crippen molar-refractivity contribution >= 4 is 64.6 Å². The van der Waals surface area contributed by atoms with Gasteiger partial charge in [0.25, 0.3) is 5.91 Å². The highest BCUT2D eigenvalue weighted by atomic mass is 32.2. The minimum absolute atomic E-state index is 0.00711. The van der Waals surface area contributed by atoms with Gasteiger partial charge in [0.05, 0.1) is 15.5 Å². The Balaban J connectivity index is 1.60. The molecular weight excluding hydrogens is 693 g/mol. The first-order valence-electron chi connectivity index (χ1n) is 16.9. The number of hydrogen-bond acceptors (Lipinski definition) is 10. The van der Waals surface area contributed by atoms with Crippen molar-refractivity contribution in [2.75, 3.05) is 36.3 Å². The van der Waals surface area contributed by atoms with E-state index in [0.717, 1.165) is 66.2 Å². The Morgan fingerprint density at radius 1 is 1.00 bits per heavy atom. The maximum Gasteiger partial charge on any atom is 0.327 e. The van der Waals surface area contributed by atoms with E-state index in [1.165, 1.54) is 47.8 Å². The Labute approximate surface area is 308 Å². The summed E-state index contributed by atoms with van der Waals surface area (Å²) in [5.41, 5.74) is 2.45. The number of rotatable bonds is 18. The number of nitrogens with zero attached hydrogens (tertiary/aromatic N) is 1. The second kappa shape index (κ2) is 19.2. The molecule has 13 heteroatoms. The molecule has 0 spiro atoms. The summed E-state index contributed by atoms with van der Waals surface area (Å²) in [6.07, 6.45) is 10.3. The Bertz CT molecular complexity index is 1570. The molecule has 0 saturated carbocycles. The maximum atomic E-state index is 13.4. The number of amides is 2. The van der Waals surface area contributed by atoms with E-state index >= 15 is 0 Å². The van der Waals surface area contributed by atoms with E-state index in [4.69, 9.17) is 4.74 Å². The highest BCUT2D eigenvalue weighted by Crippen LogP contribution is 2.46. The molecule has 50 heavy (non-hydrogen) atoms. The molecule has 3 aromatic rings. The molecule has 1 aliphatic rings. The van der Waals surface area contributed by atoms with Crippen molar-refractivity contribution in [3.05, 3.63) is 72.3 Å². The van der Waals surface area contributed by atoms with Crippen LogP contribution in [0.5, 0.6) is 11.5 Å². The van der Waals surface area contributed by atoms with Crippen LogP contribution in [0.1, 0.15) is 64.0 Å². The predicted molar refractivity (Wildman–Crippen MR) is 205 cm³/mol. The number of aromatic hydroxyl groups is 1. The lowest BCUT2D eigenvalue weighted by Crippen LogP contribution is -2.49. The van der Waals surface area contributed by atoms with E-state index < -0.39 is 29.9 Å². The first kappa shape index (κ1) is 39.3. The van der Waals surface area contributed by atoms with Crippen molar-refractivity contribution in [2.24, 2.45) is 0 Å². The van der Waals surface area contributed by atoms with E-state index in [9.17, 15) is 24.6 Å². The molecule has 2 atom stereocenters. The molecule has 1 aliphatic heterocycles. The zero-order valence-corrected chi connectivity index (χ0v) is 31.5. The topological polar surface area (TPSA) is 140 Å². The number of unbranched alkanes of at least 4 members (excludes halogenated alkanes) is 2. The third-order valence-electron chi connectivity index (χ3n) is 8.56. The summed E-state index contributed by atoms with van der Waals surface area (Å²) in [4.78, 5) is 42.7. The molecule has 0 radical (unpaired) electrons. The minimum atomic E-state index is -1.21. The molecular formula is C37H48N4O6S3. The normalized spacial score (nSPS) is 14.9. The van der Waals surface area contributed by atoms with Gasteiger partial charge in [0.15, 0.2) is 6.61 Å². The molecule has 2 amide bonds. The second-order valence-electron chi connectivity index (χ2n) is 12.3. The number of carboxylic acid groups (broad SMARTS) is 1. The molecule has 0 bridgehead atoms. The number of aliphatic carboxylic acids is 1. The highest BCUT2D eigenvalue weighted by Gasteiger charge is 2.36. The maximum absolute atomic E-state index is 13.4. The van der Waals surface area contributed by atoms with E-state index in [-0.39, 0.29) is 23.6 Å². The summed E-state index contributed by atoms with van der Waals surface area (Å²) in [5, 5.41) is 24.6. The lowest BCUT2D eigenvalue weighted by molar-refractivity contribution is -0.141. The molecule has 3 aromatic carbocycles. The van der Waals surface area contributed by atoms with Crippen molar-refractivity contribution in [3.8, 4) is 11.5 Å². The smallest absolute Gasteiger partial charge is 0.327 e. The fraction of sp³-hybridized carbons (Fsp3) is 0.432. The second-order valence-corrected chi connectivity index (χ2v) is 14.9. The molecule has 1 heterocycles. The van der Waals surface area contributed by atoms with Crippen LogP contribution in [0.15, 0.2) is 76.5 Å². The quantitative estimate of drug-likeness (QED) is 0.0671. The molecule has 270 valence electrons. The first-order chi connectivity index (χ1) is 24.1. The average Bonchev–Trinajstić information content (AvgIpc) is 3.28. The Kier molecular flexibility index (Phi) is 15.1. The van der Waals surface area contributed by atoms with Gasteiger partial charge >= 0.3 is 5.97 Å². The number of para-hydroxylation sites is 1. The van der Waals surface area contributed by atoms with Crippen LogP contribution in [-0.2, 0) is 14.4 Å². The third-order valence-corrected chi connectivity index (χ3v) is 11.1. The van der Waals surface area contributed by atoms with Crippen LogP contribution in [0.2, 0.25) is 0 Å². The van der Waals surface area contributed by atoms with E-state index in [1.807, 2.05) is 18.4 Å². The number of phenolic OH excluding ortho intramolecular Hbond substituents is 1. The van der Waals surface area contributed by atoms with Gasteiger partial charge in [-0.1, -0.05) is 69.9 Å². The van der Waals surface area contributed by atoms with Gasteiger partial charge in [-0.2, -0.15) is 11.8 Å². The summed E-state index contributed by atoms with van der Waals surface area (Å²) in [5.74, 6) is -1.73. The highest BCUT2D eigenvalue weighted by molar-refractivity contribution is 7.99. The van der Waals surface area contributed by atoms with Gasteiger partial charge in [0.1, 0.15) is 23.6 Å². The Hall–Kier alpha value is -3.52. The van der Waals surface area contributed by atoms with Crippen LogP contribution >= 0.6 is 35.5 Å². The van der Waals surface area contributed by atoms with Gasteiger partial charge in [-0.15, -0.1) is 11.8 Å². The average molecular weight is 741 g/mol. The summed E-state index contributed by atoms with van der Waals surface area (Å²) >= 11 is 4.41. The molecule has 2 unspecified atom stereocenters. The number of carbonyl (C=O) groups is 3. The number of hydrogen-bond donors (Lipinski definition) is 5. The van der Waals surface area contributed by atoms with E-state index in [1.54, 1.807) is 18.2 Å². The fourth-order valence-corrected chi connectivity index (χ4v) is 7.98. The van der Waals surface area contributed by atoms with Gasteiger partial charge in [-0.25, -0.2) is 4.79 Å². The van der Waals surface area contributed by atoms with Gasteiger partial charge in [-0.05, 0) is 79.3 Å². The van der Waals surface area contributed by atoms with Crippen molar-refractivity contribution in [1.29, 1.82) is 0 Å². The molecule has 0 aliphatic carbocycles. The van der Waals surface area contributed by atoms with Crippen molar-refractivity contribution in [2.45, 2.75) is 79.8 Å². The zero-order chi connectivity index (χ0) is 36.1. The minimum Gasteiger partial charge on any atom is -0.508 e.